The van der Waals surface area contributed by atoms with Crippen LogP contribution >= 0.6 is 0 Å². The van der Waals surface area contributed by atoms with Crippen molar-refractivity contribution in [2.75, 3.05) is 36.2 Å². The quantitative estimate of drug-likeness (QED) is 0.665. The predicted octanol–water partition coefficient (Wildman–Crippen LogP) is 2.54. The summed E-state index contributed by atoms with van der Waals surface area (Å²) in [5, 5.41) is 3.00. The summed E-state index contributed by atoms with van der Waals surface area (Å²) < 4.78 is 5.60. The molecule has 0 bridgehead atoms. The smallest absolute Gasteiger partial charge is 0.251 e. The average Bonchev–Trinajstić information content (AvgIpc) is 3.34. The number of para-hydroxylation sites is 1. The van der Waals surface area contributed by atoms with Crippen molar-refractivity contribution in [1.82, 2.24) is 10.2 Å². The van der Waals surface area contributed by atoms with Crippen molar-refractivity contribution < 1.29 is 19.1 Å². The Hall–Kier alpha value is -3.39. The second-order valence-electron chi connectivity index (χ2n) is 9.12. The highest BCUT2D eigenvalue weighted by atomic mass is 16.5. The molecule has 3 heterocycles. The van der Waals surface area contributed by atoms with Crippen molar-refractivity contribution in [3.05, 3.63) is 54.6 Å². The van der Waals surface area contributed by atoms with E-state index in [-0.39, 0.29) is 24.1 Å². The number of ether oxygens (including phenoxy) is 1. The first-order chi connectivity index (χ1) is 16.5. The minimum Gasteiger partial charge on any atom is -0.494 e. The lowest BCUT2D eigenvalue weighted by atomic mass is 9.85. The predicted molar refractivity (Wildman–Crippen MR) is 129 cm³/mol. The van der Waals surface area contributed by atoms with Crippen LogP contribution in [0, 0.1) is 0 Å². The first-order valence-electron chi connectivity index (χ1n) is 12.0. The Morgan fingerprint density at radius 3 is 2.35 bits per heavy atom. The number of rotatable bonds is 6. The molecule has 1 N–H and O–H groups in total. The zero-order chi connectivity index (χ0) is 23.7. The van der Waals surface area contributed by atoms with Gasteiger partial charge in [0.1, 0.15) is 11.3 Å². The summed E-state index contributed by atoms with van der Waals surface area (Å²) >= 11 is 0. The van der Waals surface area contributed by atoms with Crippen LogP contribution in [0.2, 0.25) is 0 Å². The van der Waals surface area contributed by atoms with Crippen molar-refractivity contribution >= 4 is 29.1 Å². The van der Waals surface area contributed by atoms with Gasteiger partial charge < -0.3 is 15.0 Å². The molecule has 178 valence electrons. The van der Waals surface area contributed by atoms with Crippen molar-refractivity contribution in [3.63, 3.8) is 0 Å². The lowest BCUT2D eigenvalue weighted by Crippen LogP contribution is -2.58. The van der Waals surface area contributed by atoms with Crippen LogP contribution in [0.25, 0.3) is 0 Å². The van der Waals surface area contributed by atoms with E-state index in [0.29, 0.717) is 44.9 Å². The molecular formula is C26H30N4O4. The van der Waals surface area contributed by atoms with Gasteiger partial charge in [0.05, 0.1) is 31.4 Å². The van der Waals surface area contributed by atoms with Crippen LogP contribution < -0.4 is 19.9 Å². The van der Waals surface area contributed by atoms with Crippen molar-refractivity contribution in [2.45, 2.75) is 44.2 Å². The molecule has 1 spiro atoms. The van der Waals surface area contributed by atoms with E-state index in [1.165, 1.54) is 4.90 Å². The molecule has 3 fully saturated rings. The molecule has 1 atom stereocenters. The number of benzene rings is 2. The lowest BCUT2D eigenvalue weighted by Gasteiger charge is -2.44. The first kappa shape index (κ1) is 22.4. The fraction of sp³-hybridized carbons (Fsp3) is 0.423. The number of nitrogens with one attached hydrogen (secondary N) is 1. The van der Waals surface area contributed by atoms with Gasteiger partial charge in [-0.3, -0.25) is 19.3 Å². The summed E-state index contributed by atoms with van der Waals surface area (Å²) in [6.45, 7) is 4.31. The van der Waals surface area contributed by atoms with Gasteiger partial charge in [0, 0.05) is 18.8 Å². The van der Waals surface area contributed by atoms with E-state index in [9.17, 15) is 14.4 Å². The molecular weight excluding hydrogens is 432 g/mol. The maximum atomic E-state index is 13.3. The molecule has 3 aliphatic heterocycles. The molecule has 34 heavy (non-hydrogen) atoms. The average molecular weight is 463 g/mol. The zero-order valence-electron chi connectivity index (χ0n) is 19.4. The summed E-state index contributed by atoms with van der Waals surface area (Å²) in [4.78, 5) is 44.5. The topological polar surface area (TPSA) is 82.2 Å². The van der Waals surface area contributed by atoms with E-state index >= 15 is 0 Å². The number of carbonyl (C=O) groups excluding carboxylic acids is 3. The van der Waals surface area contributed by atoms with E-state index in [4.69, 9.17) is 4.74 Å². The van der Waals surface area contributed by atoms with Gasteiger partial charge in [-0.05, 0) is 55.7 Å². The van der Waals surface area contributed by atoms with Crippen molar-refractivity contribution in [1.29, 1.82) is 0 Å². The molecule has 0 aliphatic carbocycles. The van der Waals surface area contributed by atoms with Crippen LogP contribution in [0.3, 0.4) is 0 Å². The van der Waals surface area contributed by atoms with E-state index < -0.39 is 11.6 Å². The second kappa shape index (κ2) is 9.10. The third-order valence-corrected chi connectivity index (χ3v) is 7.16. The number of nitrogens with zero attached hydrogens (tertiary/aromatic N) is 3. The number of hydrogen-bond donors (Lipinski definition) is 1. The third-order valence-electron chi connectivity index (χ3n) is 7.16. The van der Waals surface area contributed by atoms with Crippen LogP contribution in [0.5, 0.6) is 5.75 Å². The Balaban J connectivity index is 1.28. The Morgan fingerprint density at radius 1 is 0.971 bits per heavy atom. The van der Waals surface area contributed by atoms with Crippen LogP contribution in [-0.2, 0) is 14.4 Å². The third kappa shape index (κ3) is 3.81. The molecule has 8 heteroatoms. The van der Waals surface area contributed by atoms with Gasteiger partial charge in [-0.1, -0.05) is 25.1 Å². The second-order valence-corrected chi connectivity index (χ2v) is 9.12. The van der Waals surface area contributed by atoms with Gasteiger partial charge in [-0.25, -0.2) is 4.90 Å². The van der Waals surface area contributed by atoms with Crippen molar-refractivity contribution in [2.24, 2.45) is 0 Å². The highest BCUT2D eigenvalue weighted by molar-refractivity contribution is 6.22. The Morgan fingerprint density at radius 2 is 1.68 bits per heavy atom. The number of imide groups is 1. The zero-order valence-corrected chi connectivity index (χ0v) is 19.4. The van der Waals surface area contributed by atoms with Crippen LogP contribution in [-0.4, -0.2) is 60.6 Å². The van der Waals surface area contributed by atoms with Crippen LogP contribution in [0.1, 0.15) is 32.6 Å². The summed E-state index contributed by atoms with van der Waals surface area (Å²) in [6, 6.07) is 16.6. The van der Waals surface area contributed by atoms with Gasteiger partial charge >= 0.3 is 0 Å². The molecule has 5 rings (SSSR count). The van der Waals surface area contributed by atoms with Crippen molar-refractivity contribution in [3.8, 4) is 5.75 Å². The lowest BCUT2D eigenvalue weighted by molar-refractivity contribution is -0.126. The van der Waals surface area contributed by atoms with Crippen LogP contribution in [0.15, 0.2) is 54.6 Å². The maximum absolute atomic E-state index is 13.3. The fourth-order valence-electron chi connectivity index (χ4n) is 5.32. The molecule has 3 saturated heterocycles. The first-order valence-corrected chi connectivity index (χ1v) is 12.0. The normalized spacial score (nSPS) is 22.5. The summed E-state index contributed by atoms with van der Waals surface area (Å²) in [5.74, 6) is 0.373. The van der Waals surface area contributed by atoms with E-state index in [0.717, 1.165) is 17.9 Å². The molecule has 0 aromatic heterocycles. The number of piperidine rings is 1. The fourth-order valence-corrected chi connectivity index (χ4v) is 5.32. The summed E-state index contributed by atoms with van der Waals surface area (Å²) in [7, 11) is 0. The monoisotopic (exact) mass is 462 g/mol. The van der Waals surface area contributed by atoms with Gasteiger partial charge in [0.2, 0.25) is 11.8 Å². The number of likely N-dealkylation sites (tertiary alicyclic amines) is 1. The Kier molecular flexibility index (Phi) is 6.00. The number of anilines is 2. The Bertz CT molecular complexity index is 1060. The van der Waals surface area contributed by atoms with E-state index in [1.54, 1.807) is 24.3 Å². The highest BCUT2D eigenvalue weighted by Gasteiger charge is 2.52. The molecule has 3 amide bonds. The molecule has 0 radical (unpaired) electrons. The Labute approximate surface area is 199 Å². The van der Waals surface area contributed by atoms with Gasteiger partial charge in [-0.15, -0.1) is 0 Å². The number of amides is 3. The molecule has 8 nitrogen and oxygen atoms in total. The summed E-state index contributed by atoms with van der Waals surface area (Å²) in [5.41, 5.74) is 0.969. The molecule has 3 aliphatic rings. The minimum atomic E-state index is -0.614. The largest absolute Gasteiger partial charge is 0.494 e. The number of hydrogen-bond acceptors (Lipinski definition) is 6. The SMILES string of the molecule is CCCOc1ccc(N2C(=O)CC(N3CCC4(CC3)C(=O)NCN4c3ccccc3)C2=O)cc1. The summed E-state index contributed by atoms with van der Waals surface area (Å²) in [6.07, 6.45) is 2.28. The van der Waals surface area contributed by atoms with Gasteiger partial charge in [0.15, 0.2) is 0 Å². The number of carbonyl (C=O) groups is 3. The van der Waals surface area contributed by atoms with Gasteiger partial charge in [0.25, 0.3) is 5.91 Å². The molecule has 1 unspecified atom stereocenters. The minimum absolute atomic E-state index is 0.0387. The van der Waals surface area contributed by atoms with E-state index in [2.05, 4.69) is 15.1 Å². The van der Waals surface area contributed by atoms with Crippen LogP contribution in [0.4, 0.5) is 11.4 Å². The standard InChI is InChI=1S/C26H30N4O4/c1-2-16-34-21-10-8-20(9-11-21)30-23(31)17-22(24(30)32)28-14-12-26(13-15-28)25(33)27-18-29(26)19-6-4-3-5-7-19/h3-11,22H,2,12-18H2,1H3,(H,27,33). The van der Waals surface area contributed by atoms with E-state index in [1.807, 2.05) is 37.3 Å². The maximum Gasteiger partial charge on any atom is 0.251 e. The van der Waals surface area contributed by atoms with Gasteiger partial charge in [-0.2, -0.15) is 0 Å². The molecule has 0 saturated carbocycles. The molecule has 2 aromatic carbocycles. The molecule has 2 aromatic rings. The highest BCUT2D eigenvalue weighted by Crippen LogP contribution is 2.38.